The van der Waals surface area contributed by atoms with E-state index in [1.54, 1.807) is 24.4 Å². The zero-order valence-corrected chi connectivity index (χ0v) is 16.2. The van der Waals surface area contributed by atoms with E-state index < -0.39 is 23.2 Å². The summed E-state index contributed by atoms with van der Waals surface area (Å²) in [5.74, 6) is -3.34. The van der Waals surface area contributed by atoms with Crippen molar-refractivity contribution >= 4 is 28.5 Å². The van der Waals surface area contributed by atoms with Crippen LogP contribution in [0.2, 0.25) is 0 Å². The SMILES string of the molecule is O=COc1c(F)cc(-c2ccc3nnn(Cc4cc5cccnc5cc4F)c3n2)cc1F. The van der Waals surface area contributed by atoms with Crippen molar-refractivity contribution in [3.8, 4) is 17.0 Å². The lowest BCUT2D eigenvalue weighted by Crippen LogP contribution is -2.05. The van der Waals surface area contributed by atoms with Gasteiger partial charge in [0, 0.05) is 28.8 Å². The van der Waals surface area contributed by atoms with E-state index >= 15 is 0 Å². The third-order valence-electron chi connectivity index (χ3n) is 4.91. The predicted octanol–water partition coefficient (Wildman–Crippen LogP) is 4.04. The van der Waals surface area contributed by atoms with Gasteiger partial charge in [0.2, 0.25) is 5.75 Å². The van der Waals surface area contributed by atoms with Crippen LogP contribution in [0.3, 0.4) is 0 Å². The van der Waals surface area contributed by atoms with Crippen molar-refractivity contribution in [3.05, 3.63) is 77.7 Å². The minimum Gasteiger partial charge on any atom is -0.422 e. The number of aromatic nitrogens is 5. The molecule has 2 aromatic carbocycles. The molecule has 0 fully saturated rings. The van der Waals surface area contributed by atoms with Gasteiger partial charge in [0.25, 0.3) is 6.47 Å². The molecule has 5 rings (SSSR count). The summed E-state index contributed by atoms with van der Waals surface area (Å²) in [6, 6.07) is 11.7. The summed E-state index contributed by atoms with van der Waals surface area (Å²) in [6.07, 6.45) is 1.58. The molecular formula is C22H12F3N5O2. The molecule has 0 saturated carbocycles. The van der Waals surface area contributed by atoms with Gasteiger partial charge in [0.1, 0.15) is 11.3 Å². The quantitative estimate of drug-likeness (QED) is 0.388. The standard InChI is InChI=1S/C22H12F3N5O2/c23-15-9-20-12(2-1-5-26-20)6-14(15)10-30-22-19(28-29-30)4-3-18(27-22)13-7-16(24)21(32-11-31)17(25)8-13/h1-9,11H,10H2. The lowest BCUT2D eigenvalue weighted by atomic mass is 10.1. The molecule has 3 heterocycles. The van der Waals surface area contributed by atoms with Crippen LogP contribution in [-0.2, 0) is 11.3 Å². The fourth-order valence-corrected chi connectivity index (χ4v) is 3.41. The van der Waals surface area contributed by atoms with Crippen LogP contribution in [0.1, 0.15) is 5.56 Å². The van der Waals surface area contributed by atoms with E-state index in [2.05, 4.69) is 25.0 Å². The van der Waals surface area contributed by atoms with Crippen LogP contribution >= 0.6 is 0 Å². The molecule has 0 unspecified atom stereocenters. The molecule has 0 N–H and O–H groups in total. The number of pyridine rings is 2. The smallest absolute Gasteiger partial charge is 0.298 e. The number of ether oxygens (including phenoxy) is 1. The van der Waals surface area contributed by atoms with Gasteiger partial charge in [-0.05, 0) is 36.4 Å². The van der Waals surface area contributed by atoms with E-state index in [4.69, 9.17) is 0 Å². The Kier molecular flexibility index (Phi) is 4.74. The number of carbonyl (C=O) groups excluding carboxylic acids is 1. The fraction of sp³-hybridized carbons (Fsp3) is 0.0455. The summed E-state index contributed by atoms with van der Waals surface area (Å²) in [5, 5.41) is 8.83. The molecule has 10 heteroatoms. The first-order valence-electron chi connectivity index (χ1n) is 9.36. The summed E-state index contributed by atoms with van der Waals surface area (Å²) in [7, 11) is 0. The Morgan fingerprint density at radius 3 is 2.56 bits per heavy atom. The van der Waals surface area contributed by atoms with E-state index in [1.165, 1.54) is 16.8 Å². The maximum Gasteiger partial charge on any atom is 0.298 e. The largest absolute Gasteiger partial charge is 0.422 e. The molecule has 3 aromatic heterocycles. The van der Waals surface area contributed by atoms with Gasteiger partial charge in [0.15, 0.2) is 17.3 Å². The number of benzene rings is 2. The van der Waals surface area contributed by atoms with Gasteiger partial charge in [-0.1, -0.05) is 11.3 Å². The lowest BCUT2D eigenvalue weighted by molar-refractivity contribution is -0.121. The molecule has 32 heavy (non-hydrogen) atoms. The molecule has 0 spiro atoms. The van der Waals surface area contributed by atoms with Crippen LogP contribution in [-0.4, -0.2) is 31.4 Å². The summed E-state index contributed by atoms with van der Waals surface area (Å²) in [6.45, 7) is -0.0177. The summed E-state index contributed by atoms with van der Waals surface area (Å²) < 4.78 is 48.6. The van der Waals surface area contributed by atoms with Crippen molar-refractivity contribution in [1.82, 2.24) is 25.0 Å². The maximum absolute atomic E-state index is 14.6. The third-order valence-corrected chi connectivity index (χ3v) is 4.91. The molecule has 0 radical (unpaired) electrons. The highest BCUT2D eigenvalue weighted by Gasteiger charge is 2.16. The highest BCUT2D eigenvalue weighted by atomic mass is 19.1. The second-order valence-corrected chi connectivity index (χ2v) is 6.91. The lowest BCUT2D eigenvalue weighted by Gasteiger charge is -2.08. The summed E-state index contributed by atoms with van der Waals surface area (Å²) in [4.78, 5) is 19.0. The Balaban J connectivity index is 1.55. The van der Waals surface area contributed by atoms with E-state index in [1.807, 2.05) is 6.07 Å². The molecule has 0 aliphatic rings. The first-order chi connectivity index (χ1) is 15.5. The highest BCUT2D eigenvalue weighted by molar-refractivity contribution is 5.79. The highest BCUT2D eigenvalue weighted by Crippen LogP contribution is 2.29. The Hall–Kier alpha value is -4.34. The second kappa shape index (κ2) is 7.73. The van der Waals surface area contributed by atoms with Gasteiger partial charge in [-0.3, -0.25) is 9.78 Å². The van der Waals surface area contributed by atoms with Crippen molar-refractivity contribution in [1.29, 1.82) is 0 Å². The monoisotopic (exact) mass is 435 g/mol. The first-order valence-corrected chi connectivity index (χ1v) is 9.36. The zero-order chi connectivity index (χ0) is 22.2. The molecule has 0 bridgehead atoms. The number of carbonyl (C=O) groups is 1. The van der Waals surface area contributed by atoms with E-state index in [-0.39, 0.29) is 24.3 Å². The van der Waals surface area contributed by atoms with Crippen LogP contribution in [0, 0.1) is 17.5 Å². The zero-order valence-electron chi connectivity index (χ0n) is 16.2. The molecule has 0 amide bonds. The first kappa shape index (κ1) is 19.6. The fourth-order valence-electron chi connectivity index (χ4n) is 3.41. The van der Waals surface area contributed by atoms with E-state index in [0.717, 1.165) is 17.5 Å². The van der Waals surface area contributed by atoms with Crippen LogP contribution < -0.4 is 4.74 Å². The van der Waals surface area contributed by atoms with Gasteiger partial charge in [-0.25, -0.2) is 22.8 Å². The van der Waals surface area contributed by atoms with Crippen LogP contribution in [0.4, 0.5) is 13.2 Å². The number of fused-ring (bicyclic) bond motifs is 2. The third kappa shape index (κ3) is 3.41. The Bertz CT molecular complexity index is 1480. The van der Waals surface area contributed by atoms with Gasteiger partial charge >= 0.3 is 0 Å². The van der Waals surface area contributed by atoms with Crippen LogP contribution in [0.25, 0.3) is 33.3 Å². The van der Waals surface area contributed by atoms with Gasteiger partial charge < -0.3 is 4.74 Å². The summed E-state index contributed by atoms with van der Waals surface area (Å²) in [5.41, 5.74) is 1.98. The number of halogens is 3. The number of hydrogen-bond acceptors (Lipinski definition) is 6. The minimum absolute atomic E-state index is 0.0401. The molecule has 0 aliphatic heterocycles. The Morgan fingerprint density at radius 2 is 1.78 bits per heavy atom. The topological polar surface area (TPSA) is 82.8 Å². The average Bonchev–Trinajstić information content (AvgIpc) is 3.18. The number of nitrogens with zero attached hydrogens (tertiary/aromatic N) is 5. The van der Waals surface area contributed by atoms with Crippen LogP contribution in [0.15, 0.2) is 54.7 Å². The molecule has 0 saturated heterocycles. The number of hydrogen-bond donors (Lipinski definition) is 0. The molecule has 0 aliphatic carbocycles. The normalized spacial score (nSPS) is 11.2. The maximum atomic E-state index is 14.6. The minimum atomic E-state index is -1.05. The van der Waals surface area contributed by atoms with Crippen molar-refractivity contribution < 1.29 is 22.7 Å². The van der Waals surface area contributed by atoms with Crippen LogP contribution in [0.5, 0.6) is 5.75 Å². The van der Waals surface area contributed by atoms with Gasteiger partial charge in [-0.2, -0.15) is 0 Å². The Labute approximate surface area is 178 Å². The van der Waals surface area contributed by atoms with E-state index in [9.17, 15) is 18.0 Å². The van der Waals surface area contributed by atoms with Crippen molar-refractivity contribution in [2.24, 2.45) is 0 Å². The average molecular weight is 435 g/mol. The predicted molar refractivity (Wildman–Crippen MR) is 108 cm³/mol. The summed E-state index contributed by atoms with van der Waals surface area (Å²) >= 11 is 0. The Morgan fingerprint density at radius 1 is 0.969 bits per heavy atom. The van der Waals surface area contributed by atoms with Crippen molar-refractivity contribution in [2.45, 2.75) is 6.54 Å². The second-order valence-electron chi connectivity index (χ2n) is 6.91. The molecule has 7 nitrogen and oxygen atoms in total. The van der Waals surface area contributed by atoms with E-state index in [0.29, 0.717) is 22.2 Å². The molecule has 158 valence electrons. The van der Waals surface area contributed by atoms with Crippen molar-refractivity contribution in [2.75, 3.05) is 0 Å². The molecule has 0 atom stereocenters. The van der Waals surface area contributed by atoms with Gasteiger partial charge in [0.05, 0.1) is 17.8 Å². The molecular weight excluding hydrogens is 423 g/mol. The van der Waals surface area contributed by atoms with Gasteiger partial charge in [-0.15, -0.1) is 5.10 Å². The van der Waals surface area contributed by atoms with Crippen molar-refractivity contribution in [3.63, 3.8) is 0 Å². The molecule has 5 aromatic rings. The number of rotatable bonds is 5.